The van der Waals surface area contributed by atoms with Gasteiger partial charge in [0, 0.05) is 12.1 Å². The Labute approximate surface area is 122 Å². The van der Waals surface area contributed by atoms with E-state index in [0.29, 0.717) is 5.56 Å². The number of halogens is 2. The Morgan fingerprint density at radius 1 is 1.35 bits per heavy atom. The fourth-order valence-corrected chi connectivity index (χ4v) is 2.02. The molecule has 20 heavy (non-hydrogen) atoms. The Hall–Kier alpha value is -2.15. The zero-order valence-corrected chi connectivity index (χ0v) is 11.7. The van der Waals surface area contributed by atoms with Gasteiger partial charge < -0.3 is 10.4 Å². The van der Waals surface area contributed by atoms with Crippen LogP contribution in [0.3, 0.4) is 0 Å². The van der Waals surface area contributed by atoms with Gasteiger partial charge in [-0.2, -0.15) is 0 Å². The van der Waals surface area contributed by atoms with Crippen LogP contribution in [0.5, 0.6) is 5.75 Å². The largest absolute Gasteiger partial charge is 0.508 e. The molecule has 2 rings (SSSR count). The highest BCUT2D eigenvalue weighted by Gasteiger charge is 2.17. The number of hydrogen-bond acceptors (Lipinski definition) is 4. The van der Waals surface area contributed by atoms with E-state index in [1.807, 2.05) is 0 Å². The van der Waals surface area contributed by atoms with Crippen LogP contribution in [0.4, 0.5) is 15.8 Å². The molecule has 0 fully saturated rings. The average Bonchev–Trinajstić information content (AvgIpc) is 2.41. The van der Waals surface area contributed by atoms with Gasteiger partial charge in [0.2, 0.25) is 0 Å². The second-order valence-corrected chi connectivity index (χ2v) is 4.88. The second kappa shape index (κ2) is 5.87. The van der Waals surface area contributed by atoms with E-state index in [1.54, 1.807) is 18.2 Å². The number of rotatable bonds is 4. The van der Waals surface area contributed by atoms with Crippen molar-refractivity contribution in [2.24, 2.45) is 0 Å². The number of nitrogens with one attached hydrogen (secondary N) is 1. The topological polar surface area (TPSA) is 75.4 Å². The van der Waals surface area contributed by atoms with Crippen molar-refractivity contribution in [2.75, 3.05) is 5.32 Å². The molecule has 0 heterocycles. The summed E-state index contributed by atoms with van der Waals surface area (Å²) >= 11 is 2.98. The standard InChI is InChI=1S/C13H10BrFN2O3/c14-9-5-11(12(17(19)20)6-10(9)15)16-7-8-3-1-2-4-13(8)18/h1-6,16,18H,7H2. The SMILES string of the molecule is O=[N+]([O-])c1cc(F)c(Br)cc1NCc1ccccc1O. The van der Waals surface area contributed by atoms with Crippen LogP contribution < -0.4 is 5.32 Å². The summed E-state index contributed by atoms with van der Waals surface area (Å²) in [5.41, 5.74) is 0.398. The molecule has 104 valence electrons. The normalized spacial score (nSPS) is 10.3. The zero-order valence-electron chi connectivity index (χ0n) is 10.1. The van der Waals surface area contributed by atoms with Gasteiger partial charge in [-0.1, -0.05) is 18.2 Å². The van der Waals surface area contributed by atoms with Gasteiger partial charge in [0.1, 0.15) is 17.3 Å². The lowest BCUT2D eigenvalue weighted by Gasteiger charge is -2.09. The monoisotopic (exact) mass is 340 g/mol. The highest BCUT2D eigenvalue weighted by atomic mass is 79.9. The minimum Gasteiger partial charge on any atom is -0.508 e. The number of nitro benzene ring substituents is 1. The van der Waals surface area contributed by atoms with E-state index in [4.69, 9.17) is 0 Å². The number of benzene rings is 2. The average molecular weight is 341 g/mol. The summed E-state index contributed by atoms with van der Waals surface area (Å²) in [5.74, 6) is -0.617. The fraction of sp³-hybridized carbons (Fsp3) is 0.0769. The molecule has 0 aliphatic carbocycles. The third-order valence-corrected chi connectivity index (χ3v) is 3.30. The quantitative estimate of drug-likeness (QED) is 0.655. The van der Waals surface area contributed by atoms with Crippen LogP contribution in [0.15, 0.2) is 40.9 Å². The fourth-order valence-electron chi connectivity index (χ4n) is 1.68. The van der Waals surface area contributed by atoms with E-state index in [-0.39, 0.29) is 28.1 Å². The van der Waals surface area contributed by atoms with Crippen molar-refractivity contribution in [2.45, 2.75) is 6.54 Å². The lowest BCUT2D eigenvalue weighted by Crippen LogP contribution is -2.03. The van der Waals surface area contributed by atoms with E-state index in [2.05, 4.69) is 21.2 Å². The molecule has 0 aromatic heterocycles. The van der Waals surface area contributed by atoms with Crippen LogP contribution in [0.2, 0.25) is 0 Å². The van der Waals surface area contributed by atoms with Crippen LogP contribution in [-0.4, -0.2) is 10.0 Å². The minimum atomic E-state index is -0.704. The summed E-state index contributed by atoms with van der Waals surface area (Å²) in [4.78, 5) is 10.2. The van der Waals surface area contributed by atoms with Crippen LogP contribution in [-0.2, 0) is 6.54 Å². The van der Waals surface area contributed by atoms with Crippen molar-refractivity contribution in [3.05, 3.63) is 62.4 Å². The van der Waals surface area contributed by atoms with Crippen LogP contribution in [0, 0.1) is 15.9 Å². The van der Waals surface area contributed by atoms with Gasteiger partial charge in [-0.3, -0.25) is 10.1 Å². The first-order valence-corrected chi connectivity index (χ1v) is 6.42. The first-order valence-electron chi connectivity index (χ1n) is 5.63. The van der Waals surface area contributed by atoms with Crippen LogP contribution in [0.25, 0.3) is 0 Å². The van der Waals surface area contributed by atoms with E-state index >= 15 is 0 Å². The van der Waals surface area contributed by atoms with E-state index in [0.717, 1.165) is 6.07 Å². The molecule has 0 unspecified atom stereocenters. The number of aromatic hydroxyl groups is 1. The molecule has 0 radical (unpaired) electrons. The lowest BCUT2D eigenvalue weighted by molar-refractivity contribution is -0.384. The summed E-state index contributed by atoms with van der Waals surface area (Å²) in [6.07, 6.45) is 0. The summed E-state index contributed by atoms with van der Waals surface area (Å²) < 4.78 is 13.5. The molecule has 0 aliphatic heterocycles. The third kappa shape index (κ3) is 3.05. The van der Waals surface area contributed by atoms with Crippen molar-refractivity contribution in [3.8, 4) is 5.75 Å². The molecule has 7 heteroatoms. The summed E-state index contributed by atoms with van der Waals surface area (Å²) in [6, 6.07) is 8.77. The molecular formula is C13H10BrFN2O3. The predicted molar refractivity (Wildman–Crippen MR) is 76.2 cm³/mol. The number of phenolic OH excluding ortho intramolecular Hbond substituents is 1. The van der Waals surface area contributed by atoms with Crippen molar-refractivity contribution in [1.82, 2.24) is 0 Å². The Morgan fingerprint density at radius 2 is 2.05 bits per heavy atom. The van der Waals surface area contributed by atoms with Gasteiger partial charge >= 0.3 is 0 Å². The highest BCUT2D eigenvalue weighted by Crippen LogP contribution is 2.31. The molecule has 0 spiro atoms. The molecule has 2 aromatic rings. The van der Waals surface area contributed by atoms with Crippen LogP contribution >= 0.6 is 15.9 Å². The second-order valence-electron chi connectivity index (χ2n) is 4.02. The highest BCUT2D eigenvalue weighted by molar-refractivity contribution is 9.10. The summed E-state index contributed by atoms with van der Waals surface area (Å²) in [6.45, 7) is 0.186. The predicted octanol–water partition coefficient (Wildman–Crippen LogP) is 3.81. The maximum Gasteiger partial charge on any atom is 0.295 e. The number of hydrogen-bond donors (Lipinski definition) is 2. The maximum atomic E-state index is 13.3. The number of para-hydroxylation sites is 1. The Balaban J connectivity index is 2.27. The third-order valence-electron chi connectivity index (χ3n) is 2.70. The molecule has 0 aliphatic rings. The van der Waals surface area contributed by atoms with E-state index in [9.17, 15) is 19.6 Å². The smallest absolute Gasteiger partial charge is 0.295 e. The molecular weight excluding hydrogens is 331 g/mol. The van der Waals surface area contributed by atoms with Crippen molar-refractivity contribution in [3.63, 3.8) is 0 Å². The molecule has 0 bridgehead atoms. The number of nitrogens with zero attached hydrogens (tertiary/aromatic N) is 1. The molecule has 0 saturated heterocycles. The number of phenols is 1. The first kappa shape index (κ1) is 14.3. The maximum absolute atomic E-state index is 13.3. The van der Waals surface area contributed by atoms with E-state index in [1.165, 1.54) is 12.1 Å². The van der Waals surface area contributed by atoms with Crippen LogP contribution in [0.1, 0.15) is 5.56 Å². The molecule has 5 nitrogen and oxygen atoms in total. The van der Waals surface area contributed by atoms with Gasteiger partial charge in [0.05, 0.1) is 15.5 Å². The molecule has 0 atom stereocenters. The first-order chi connectivity index (χ1) is 9.49. The Bertz CT molecular complexity index is 664. The van der Waals surface area contributed by atoms with Gasteiger partial charge in [-0.25, -0.2) is 4.39 Å². The minimum absolute atomic E-state index is 0.0869. The lowest BCUT2D eigenvalue weighted by atomic mass is 10.2. The van der Waals surface area contributed by atoms with Crippen molar-refractivity contribution >= 4 is 27.3 Å². The molecule has 0 saturated carbocycles. The summed E-state index contributed by atoms with van der Waals surface area (Å²) in [7, 11) is 0. The van der Waals surface area contributed by atoms with Gasteiger partial charge in [0.25, 0.3) is 5.69 Å². The Morgan fingerprint density at radius 3 is 2.70 bits per heavy atom. The van der Waals surface area contributed by atoms with Gasteiger partial charge in [-0.15, -0.1) is 0 Å². The molecule has 2 N–H and O–H groups in total. The molecule has 0 amide bonds. The Kier molecular flexibility index (Phi) is 4.19. The number of nitro groups is 1. The van der Waals surface area contributed by atoms with Gasteiger partial charge in [0.15, 0.2) is 0 Å². The van der Waals surface area contributed by atoms with Crippen molar-refractivity contribution in [1.29, 1.82) is 0 Å². The van der Waals surface area contributed by atoms with E-state index < -0.39 is 10.7 Å². The molecule has 2 aromatic carbocycles. The van der Waals surface area contributed by atoms with Crippen molar-refractivity contribution < 1.29 is 14.4 Å². The number of anilines is 1. The van der Waals surface area contributed by atoms with Gasteiger partial charge in [-0.05, 0) is 28.1 Å². The summed E-state index contributed by atoms with van der Waals surface area (Å²) in [5, 5.41) is 23.3. The zero-order chi connectivity index (χ0) is 14.7.